The van der Waals surface area contributed by atoms with Crippen molar-refractivity contribution in [3.05, 3.63) is 67.9 Å². The number of anilines is 4. The van der Waals surface area contributed by atoms with Crippen LogP contribution in [0.4, 0.5) is 23.3 Å². The second-order valence-electron chi connectivity index (χ2n) is 26.1. The van der Waals surface area contributed by atoms with Crippen molar-refractivity contribution >= 4 is 46.7 Å². The lowest BCUT2D eigenvalue weighted by atomic mass is 9.95. The smallest absolute Gasteiger partial charge is 0.376 e. The lowest BCUT2D eigenvalue weighted by Gasteiger charge is -2.33. The van der Waals surface area contributed by atoms with Crippen LogP contribution < -0.4 is 30.9 Å². The molecule has 8 N–H and O–H groups in total. The number of rotatable bonds is 17. The van der Waals surface area contributed by atoms with Gasteiger partial charge in [-0.25, -0.2) is 61.6 Å². The van der Waals surface area contributed by atoms with Crippen molar-refractivity contribution in [2.45, 2.75) is 210 Å². The van der Waals surface area contributed by atoms with Crippen LogP contribution in [-0.4, -0.2) is 165 Å². The Bertz CT molecular complexity index is 3610. The normalized spacial score (nSPS) is 18.5. The van der Waals surface area contributed by atoms with Crippen LogP contribution in [0, 0.1) is 87.0 Å². The van der Waals surface area contributed by atoms with Crippen LogP contribution in [0.3, 0.4) is 0 Å². The summed E-state index contributed by atoms with van der Waals surface area (Å²) in [5, 5.41) is 51.0. The molecule has 0 aromatic carbocycles. The first-order valence-electron chi connectivity index (χ1n) is 35.9. The van der Waals surface area contributed by atoms with Gasteiger partial charge in [-0.05, 0) is 184 Å². The minimum absolute atomic E-state index is 0. The van der Waals surface area contributed by atoms with Crippen molar-refractivity contribution in [1.29, 1.82) is 32.1 Å². The highest BCUT2D eigenvalue weighted by Gasteiger charge is 2.34. The number of hydrogen-bond donors (Lipinski definition) is 5. The Labute approximate surface area is 625 Å². The lowest BCUT2D eigenvalue weighted by Crippen LogP contribution is -2.38. The number of nitrogens with zero attached hydrogens (tertiary/aromatic N) is 18. The van der Waals surface area contributed by atoms with Crippen molar-refractivity contribution in [2.75, 3.05) is 106 Å². The number of aromatic nitrogens is 10. The van der Waals surface area contributed by atoms with E-state index in [1.54, 1.807) is 13.8 Å². The number of hydrazine groups is 1. The first-order chi connectivity index (χ1) is 49.6. The molecule has 8 aliphatic rings. The highest BCUT2D eigenvalue weighted by molar-refractivity contribution is 6.28. The molecule has 4 fully saturated rings. The quantitative estimate of drug-likeness (QED) is 0.0110. The van der Waals surface area contributed by atoms with E-state index < -0.39 is 17.8 Å². The van der Waals surface area contributed by atoms with Gasteiger partial charge in [0, 0.05) is 154 Å². The Morgan fingerprint density at radius 3 is 1.25 bits per heavy atom. The molecule has 5 aromatic heterocycles. The summed E-state index contributed by atoms with van der Waals surface area (Å²) in [6.07, 6.45) is 23.2. The number of halogens is 1. The number of aryl methyl sites for hydroxylation is 5. The van der Waals surface area contributed by atoms with Crippen LogP contribution in [0.25, 0.3) is 11.7 Å². The van der Waals surface area contributed by atoms with Gasteiger partial charge in [0.1, 0.15) is 23.3 Å². The first kappa shape index (κ1) is 88.6. The van der Waals surface area contributed by atoms with E-state index in [4.69, 9.17) is 83.0 Å². The Hall–Kier alpha value is -8.79. The van der Waals surface area contributed by atoms with Gasteiger partial charge in [-0.2, -0.15) is 21.0 Å². The van der Waals surface area contributed by atoms with Gasteiger partial charge in [0.05, 0.1) is 42.8 Å². The number of hydrogen-bond acceptors (Lipinski definition) is 29. The fraction of sp³-hybridized carbons (Fsp3) is 0.671. The molecular formula is C73H113ClN22O9. The number of nitrogen functional groups attached to an aromatic ring is 1. The van der Waals surface area contributed by atoms with E-state index in [-0.39, 0.29) is 33.4 Å². The Morgan fingerprint density at radius 2 is 0.905 bits per heavy atom. The molecule has 31 nitrogen and oxygen atoms in total. The second kappa shape index (κ2) is 45.5. The van der Waals surface area contributed by atoms with Gasteiger partial charge in [0.15, 0.2) is 0 Å². The molecule has 5 aromatic rings. The van der Waals surface area contributed by atoms with Crippen molar-refractivity contribution in [3.8, 4) is 36.0 Å². The third-order valence-electron chi connectivity index (χ3n) is 19.1. The van der Waals surface area contributed by atoms with Gasteiger partial charge in [0.25, 0.3) is 11.9 Å². The fourth-order valence-electron chi connectivity index (χ4n) is 14.6. The van der Waals surface area contributed by atoms with Gasteiger partial charge in [-0.3, -0.25) is 10.2 Å². The summed E-state index contributed by atoms with van der Waals surface area (Å²) in [4.78, 5) is 68.6. The van der Waals surface area contributed by atoms with Crippen LogP contribution in [0.1, 0.15) is 219 Å². The zero-order chi connectivity index (χ0) is 73.6. The molecule has 1 amide bonds. The molecule has 0 spiro atoms. The average molecular weight is 1480 g/mol. The molecule has 576 valence electrons. The number of amides is 1. The number of carbonyl (C=O) groups is 2. The number of methoxy groups -OCH3 is 1. The Balaban J connectivity index is 0.000000342. The van der Waals surface area contributed by atoms with E-state index in [1.165, 1.54) is 23.8 Å². The first-order valence-corrected chi connectivity index (χ1v) is 36.3. The summed E-state index contributed by atoms with van der Waals surface area (Å²) in [5.74, 6) is 10.5. The maximum absolute atomic E-state index is 11.8. The van der Waals surface area contributed by atoms with Crippen LogP contribution >= 0.6 is 11.6 Å². The van der Waals surface area contributed by atoms with Crippen LogP contribution in [-0.2, 0) is 70.3 Å². The highest BCUT2D eigenvalue weighted by atomic mass is 35.5. The highest BCUT2D eigenvalue weighted by Crippen LogP contribution is 2.38. The zero-order valence-electron chi connectivity index (χ0n) is 60.9. The number of aliphatic hydroxyl groups is 1. The molecule has 0 saturated carbocycles. The average Bonchev–Trinajstić information content (AvgIpc) is 1.53. The number of aliphatic hydroxyl groups excluding tert-OH is 1. The number of esters is 1. The molecule has 13 rings (SSSR count). The summed E-state index contributed by atoms with van der Waals surface area (Å²) < 4.78 is 26.1. The van der Waals surface area contributed by atoms with E-state index in [2.05, 4.69) is 94.4 Å². The minimum Gasteiger partial charge on any atom is -0.463 e. The van der Waals surface area contributed by atoms with Crippen molar-refractivity contribution in [2.24, 2.45) is 29.5 Å². The fourth-order valence-corrected chi connectivity index (χ4v) is 14.8. The summed E-state index contributed by atoms with van der Waals surface area (Å²) in [6, 6.07) is 9.12. The largest absolute Gasteiger partial charge is 0.463 e. The van der Waals surface area contributed by atoms with Crippen LogP contribution in [0.15, 0.2) is 4.42 Å². The van der Waals surface area contributed by atoms with Crippen LogP contribution in [0.5, 0.6) is 0 Å². The molecule has 0 unspecified atom stereocenters. The third-order valence-corrected chi connectivity index (χ3v) is 19.2. The predicted octanol–water partition coefficient (Wildman–Crippen LogP) is 10.5. The van der Waals surface area contributed by atoms with Gasteiger partial charge in [-0.1, -0.05) is 14.9 Å². The van der Waals surface area contributed by atoms with Gasteiger partial charge in [-0.15, -0.1) is 10.2 Å². The van der Waals surface area contributed by atoms with E-state index in [9.17, 15) is 9.59 Å². The number of piperidine rings is 4. The summed E-state index contributed by atoms with van der Waals surface area (Å²) >= 11 is 6.04. The van der Waals surface area contributed by atoms with E-state index in [0.717, 1.165) is 239 Å². The molecule has 0 bridgehead atoms. The summed E-state index contributed by atoms with van der Waals surface area (Å²) in [5.41, 5.74) is 21.1. The Morgan fingerprint density at radius 1 is 0.562 bits per heavy atom. The van der Waals surface area contributed by atoms with Crippen molar-refractivity contribution in [1.82, 2.24) is 55.5 Å². The Kier molecular flexibility index (Phi) is 38.4. The van der Waals surface area contributed by atoms with Gasteiger partial charge >= 0.3 is 11.9 Å². The van der Waals surface area contributed by atoms with Crippen molar-refractivity contribution < 1.29 is 45.0 Å². The molecular weight excluding hydrogens is 1360 g/mol. The van der Waals surface area contributed by atoms with Crippen molar-refractivity contribution in [3.63, 3.8) is 0 Å². The molecule has 105 heavy (non-hydrogen) atoms. The van der Waals surface area contributed by atoms with Gasteiger partial charge < -0.3 is 53.5 Å². The maximum Gasteiger partial charge on any atom is 0.376 e. The predicted molar refractivity (Wildman–Crippen MR) is 399 cm³/mol. The molecule has 4 aliphatic carbocycles. The van der Waals surface area contributed by atoms with E-state index in [1.807, 2.05) is 20.8 Å². The number of nitrogens with two attached hydrogens (primary N) is 1. The molecule has 4 aliphatic heterocycles. The number of carbonyl (C=O) groups excluding carboxylic acids is 2. The number of nitriles is 4. The van der Waals surface area contributed by atoms with Gasteiger partial charge in [0.2, 0.25) is 28.6 Å². The molecule has 4 saturated heterocycles. The molecule has 4 atom stereocenters. The summed E-state index contributed by atoms with van der Waals surface area (Å²) in [6.45, 7) is 18.4. The number of ether oxygens (including phenoxy) is 4. The van der Waals surface area contributed by atoms with E-state index in [0.29, 0.717) is 92.1 Å². The lowest BCUT2D eigenvalue weighted by molar-refractivity contribution is -0.365. The minimum atomic E-state index is -0.849. The second-order valence-corrected chi connectivity index (χ2v) is 26.4. The zero-order valence-corrected chi connectivity index (χ0v) is 61.6. The molecule has 0 radical (unpaired) electrons. The molecule has 9 heterocycles. The molecule has 32 heteroatoms. The number of fused-ring (bicyclic) bond motifs is 4. The maximum atomic E-state index is 11.8. The SMILES string of the molecule is C.C.CCOC(C)(OCC)OCC.CO.COC(=O)c1nc2c(c(N3CCC[C@@H](CC#N)C3)n1)CCC2.Cc1nnc(-c2nc3c(c(N4CCC[C@@H](CC#N)C4)n2)CCC3)o1.N#CC[C@@H]1CCCN(c2nc(C(=O)NN)nc3c2CCC3)C1.N#CC[C@@H]1CCCN(c2nc(Cl)nc3c2CCC3)C1.N=N.O.[HH]. The third kappa shape index (κ3) is 24.4. The van der Waals surface area contributed by atoms with Crippen LogP contribution in [0.2, 0.25) is 5.28 Å². The topological polar surface area (TPSA) is 459 Å². The standard InChI is InChI=1S/C17H20N6O.C16H20N4O2.C15H20N6O.C14H17ClN4.C8H18O3.CH4O.2CH4.H2N2.H2O.H2/c1-11-21-22-17(24-11)15-19-14-6-2-5-13(14)16(20-15)23-9-3-4-12(10-23)7-8-18;1-22-16(21)14-18-13-6-2-5-12(13)15(19-14)20-9-3-4-11(10-20)7-8-17;16-7-6-10-3-2-8-21(9-10)14-11-4-1-5-12(11)18-13(19-14)15(22)20-17;15-14-17-12-5-1-4-11(12)13(18-14)19-8-2-3-10(9-19)6-7-16;1-5-9-8(4,10-6-2)11-7-3;1-2;;;1-2;;/h12H,2-7,9-10H2,1H3;11H,2-7,9-10H2,1H3;10H,1-6,8-9,17H2,(H,20,22);10H,1-6,8-9H2;5-7H2,1-4H3;2H,1H3;2*1H4;1-2H;1H2;1H/t12-;11-;2*10-;;;;;;;/m0000......./s1. The van der Waals surface area contributed by atoms with E-state index >= 15 is 0 Å². The summed E-state index contributed by atoms with van der Waals surface area (Å²) in [7, 11) is 2.35. The monoisotopic (exact) mass is 1480 g/mol. The number of nitrogens with one attached hydrogen (secondary N) is 3.